The topological polar surface area (TPSA) is 66.5 Å². The third-order valence-electron chi connectivity index (χ3n) is 2.52. The van der Waals surface area contributed by atoms with Crippen molar-refractivity contribution in [2.24, 2.45) is 0 Å². The van der Waals surface area contributed by atoms with Crippen molar-refractivity contribution in [3.8, 4) is 0 Å². The van der Waals surface area contributed by atoms with Gasteiger partial charge in [0.25, 0.3) is 11.1 Å². The van der Waals surface area contributed by atoms with Crippen molar-refractivity contribution in [3.05, 3.63) is 34.7 Å². The molecule has 1 aliphatic rings. The normalized spacial score (nSPS) is 17.2. The summed E-state index contributed by atoms with van der Waals surface area (Å²) in [7, 11) is 1.46. The lowest BCUT2D eigenvalue weighted by atomic mass is 10.2. The summed E-state index contributed by atoms with van der Waals surface area (Å²) in [4.78, 5) is 35.4. The van der Waals surface area contributed by atoms with E-state index >= 15 is 0 Å². The fraction of sp³-hybridized carbons (Fsp3) is 0.154. The molecule has 0 atom stereocenters. The highest BCUT2D eigenvalue weighted by Gasteiger charge is 2.31. The van der Waals surface area contributed by atoms with E-state index in [1.807, 2.05) is 0 Å². The van der Waals surface area contributed by atoms with Crippen LogP contribution in [0.1, 0.15) is 12.5 Å². The van der Waals surface area contributed by atoms with Crippen LogP contribution in [0, 0.1) is 0 Å². The smallest absolute Gasteiger partial charge is 0.293 e. The predicted octanol–water partition coefficient (Wildman–Crippen LogP) is 2.31. The average molecular weight is 276 g/mol. The maximum absolute atomic E-state index is 11.7. The molecular formula is C13H12N2O3S. The molecule has 0 spiro atoms. The summed E-state index contributed by atoms with van der Waals surface area (Å²) < 4.78 is 0. The van der Waals surface area contributed by atoms with Gasteiger partial charge in [0, 0.05) is 19.7 Å². The van der Waals surface area contributed by atoms with Gasteiger partial charge in [-0.2, -0.15) is 0 Å². The number of rotatable bonds is 2. The quantitative estimate of drug-likeness (QED) is 0.842. The summed E-state index contributed by atoms with van der Waals surface area (Å²) in [6.07, 6.45) is 1.66. The monoisotopic (exact) mass is 276 g/mol. The number of thioether (sulfide) groups is 1. The van der Waals surface area contributed by atoms with Crippen LogP contribution in [-0.2, 0) is 9.59 Å². The highest BCUT2D eigenvalue weighted by atomic mass is 32.2. The second-order valence-corrected chi connectivity index (χ2v) is 5.04. The molecule has 1 N–H and O–H groups in total. The standard InChI is InChI=1S/C13H12N2O3S/c1-8(16)14-10-5-3-9(4-6-10)7-11-12(17)15(2)13(18)19-11/h3-7H,1-2H3,(H,14,16)/b11-7-. The molecule has 6 heteroatoms. The Labute approximate surface area is 114 Å². The second-order valence-electron chi connectivity index (χ2n) is 4.04. The molecule has 0 aromatic heterocycles. The summed E-state index contributed by atoms with van der Waals surface area (Å²) in [5.74, 6) is -0.430. The summed E-state index contributed by atoms with van der Waals surface area (Å²) >= 11 is 0.920. The number of benzene rings is 1. The van der Waals surface area contributed by atoms with Gasteiger partial charge in [-0.1, -0.05) is 12.1 Å². The van der Waals surface area contributed by atoms with Gasteiger partial charge in [-0.3, -0.25) is 19.3 Å². The van der Waals surface area contributed by atoms with Gasteiger partial charge in [0.15, 0.2) is 0 Å². The SMILES string of the molecule is CC(=O)Nc1ccc(/C=C2\SC(=O)N(C)C2=O)cc1. The van der Waals surface area contributed by atoms with Crippen molar-refractivity contribution in [1.82, 2.24) is 4.90 Å². The van der Waals surface area contributed by atoms with E-state index < -0.39 is 0 Å². The predicted molar refractivity (Wildman–Crippen MR) is 74.5 cm³/mol. The van der Waals surface area contributed by atoms with Crippen LogP contribution < -0.4 is 5.32 Å². The molecule has 5 nitrogen and oxygen atoms in total. The Bertz CT molecular complexity index is 578. The molecule has 0 saturated carbocycles. The number of hydrogen-bond acceptors (Lipinski definition) is 4. The number of imide groups is 1. The first-order chi connectivity index (χ1) is 8.97. The number of hydrogen-bond donors (Lipinski definition) is 1. The molecule has 0 unspecified atom stereocenters. The van der Waals surface area contributed by atoms with Crippen LogP contribution >= 0.6 is 11.8 Å². The zero-order chi connectivity index (χ0) is 14.0. The second kappa shape index (κ2) is 5.27. The van der Waals surface area contributed by atoms with E-state index in [1.54, 1.807) is 30.3 Å². The van der Waals surface area contributed by atoms with Crippen molar-refractivity contribution < 1.29 is 14.4 Å². The first-order valence-corrected chi connectivity index (χ1v) is 6.38. The molecule has 1 fully saturated rings. The third-order valence-corrected chi connectivity index (χ3v) is 3.48. The number of nitrogens with zero attached hydrogens (tertiary/aromatic N) is 1. The molecule has 1 saturated heterocycles. The molecule has 3 amide bonds. The van der Waals surface area contributed by atoms with Crippen LogP contribution in [0.5, 0.6) is 0 Å². The molecular weight excluding hydrogens is 264 g/mol. The van der Waals surface area contributed by atoms with E-state index in [9.17, 15) is 14.4 Å². The molecule has 98 valence electrons. The van der Waals surface area contributed by atoms with Crippen LogP contribution in [0.15, 0.2) is 29.2 Å². The maximum Gasteiger partial charge on any atom is 0.293 e. The summed E-state index contributed by atoms with van der Waals surface area (Å²) in [6, 6.07) is 7.02. The van der Waals surface area contributed by atoms with Crippen molar-refractivity contribution in [2.45, 2.75) is 6.92 Å². The Kier molecular flexibility index (Phi) is 3.71. The Morgan fingerprint density at radius 1 is 1.26 bits per heavy atom. The molecule has 2 rings (SSSR count). The minimum atomic E-state index is -0.291. The van der Waals surface area contributed by atoms with Gasteiger partial charge in [-0.05, 0) is 35.5 Å². The molecule has 1 aromatic rings. The van der Waals surface area contributed by atoms with Gasteiger partial charge in [-0.25, -0.2) is 0 Å². The van der Waals surface area contributed by atoms with Crippen molar-refractivity contribution in [1.29, 1.82) is 0 Å². The summed E-state index contributed by atoms with van der Waals surface area (Å²) in [5.41, 5.74) is 1.49. The van der Waals surface area contributed by atoms with E-state index in [0.29, 0.717) is 10.6 Å². The summed E-state index contributed by atoms with van der Waals surface area (Å²) in [5, 5.41) is 2.38. The van der Waals surface area contributed by atoms with Gasteiger partial charge < -0.3 is 5.32 Å². The lowest BCUT2D eigenvalue weighted by Gasteiger charge is -2.02. The van der Waals surface area contributed by atoms with Gasteiger partial charge >= 0.3 is 0 Å². The first-order valence-electron chi connectivity index (χ1n) is 5.56. The van der Waals surface area contributed by atoms with Crippen molar-refractivity contribution in [3.63, 3.8) is 0 Å². The zero-order valence-electron chi connectivity index (χ0n) is 10.5. The molecule has 1 aromatic carbocycles. The van der Waals surface area contributed by atoms with Gasteiger partial charge in [0.1, 0.15) is 0 Å². The van der Waals surface area contributed by atoms with E-state index in [1.165, 1.54) is 14.0 Å². The Morgan fingerprint density at radius 3 is 2.37 bits per heavy atom. The average Bonchev–Trinajstić information content (AvgIpc) is 2.59. The Balaban J connectivity index is 2.18. The van der Waals surface area contributed by atoms with Crippen molar-refractivity contribution in [2.75, 3.05) is 12.4 Å². The minimum absolute atomic E-state index is 0.139. The van der Waals surface area contributed by atoms with Crippen molar-refractivity contribution >= 4 is 40.6 Å². The number of anilines is 1. The van der Waals surface area contributed by atoms with E-state index in [4.69, 9.17) is 0 Å². The van der Waals surface area contributed by atoms with E-state index in [2.05, 4.69) is 5.32 Å². The molecule has 1 aliphatic heterocycles. The molecule has 19 heavy (non-hydrogen) atoms. The largest absolute Gasteiger partial charge is 0.326 e. The van der Waals surface area contributed by atoms with Crippen LogP contribution in [0.3, 0.4) is 0 Å². The van der Waals surface area contributed by atoms with E-state index in [0.717, 1.165) is 22.2 Å². The van der Waals surface area contributed by atoms with Crippen LogP contribution in [0.4, 0.5) is 10.5 Å². The Hall–Kier alpha value is -2.08. The highest BCUT2D eigenvalue weighted by molar-refractivity contribution is 8.18. The first kappa shape index (κ1) is 13.4. The van der Waals surface area contributed by atoms with E-state index in [-0.39, 0.29) is 17.1 Å². The number of nitrogens with one attached hydrogen (secondary N) is 1. The zero-order valence-corrected chi connectivity index (χ0v) is 11.3. The van der Waals surface area contributed by atoms with Crippen LogP contribution in [0.25, 0.3) is 6.08 Å². The molecule has 1 heterocycles. The maximum atomic E-state index is 11.7. The lowest BCUT2D eigenvalue weighted by molar-refractivity contribution is -0.121. The number of amides is 3. The lowest BCUT2D eigenvalue weighted by Crippen LogP contribution is -2.22. The van der Waals surface area contributed by atoms with Gasteiger partial charge in [0.2, 0.25) is 5.91 Å². The number of likely N-dealkylation sites (N-methyl/N-ethyl adjacent to an activating group) is 1. The minimum Gasteiger partial charge on any atom is -0.326 e. The number of carbonyl (C=O) groups is 3. The molecule has 0 radical (unpaired) electrons. The fourth-order valence-electron chi connectivity index (χ4n) is 1.56. The Morgan fingerprint density at radius 2 is 1.89 bits per heavy atom. The van der Waals surface area contributed by atoms with Gasteiger partial charge in [0.05, 0.1) is 4.91 Å². The van der Waals surface area contributed by atoms with Gasteiger partial charge in [-0.15, -0.1) is 0 Å². The van der Waals surface area contributed by atoms with Crippen LogP contribution in [-0.4, -0.2) is 29.0 Å². The highest BCUT2D eigenvalue weighted by Crippen LogP contribution is 2.31. The fourth-order valence-corrected chi connectivity index (χ4v) is 2.39. The number of carbonyl (C=O) groups excluding carboxylic acids is 3. The summed E-state index contributed by atoms with van der Waals surface area (Å²) in [6.45, 7) is 1.44. The van der Waals surface area contributed by atoms with Crippen LogP contribution in [0.2, 0.25) is 0 Å². The molecule has 0 bridgehead atoms. The molecule has 0 aliphatic carbocycles. The third kappa shape index (κ3) is 3.03.